The zero-order chi connectivity index (χ0) is 25.2. The van der Waals surface area contributed by atoms with Crippen LogP contribution in [0.25, 0.3) is 22.5 Å². The number of urea groups is 1. The van der Waals surface area contributed by atoms with Gasteiger partial charge in [0.2, 0.25) is 0 Å². The zero-order valence-corrected chi connectivity index (χ0v) is 21.7. The fourth-order valence-corrected chi connectivity index (χ4v) is 4.79. The highest BCUT2D eigenvalue weighted by Gasteiger charge is 2.17. The average Bonchev–Trinajstić information content (AvgIpc) is 3.33. The van der Waals surface area contributed by atoms with Crippen LogP contribution in [0.1, 0.15) is 33.1 Å². The molecule has 0 saturated heterocycles. The maximum Gasteiger partial charge on any atom is 0.323 e. The number of aromatic amines is 1. The minimum Gasteiger partial charge on any atom is -0.335 e. The normalized spacial score (nSPS) is 11.0. The van der Waals surface area contributed by atoms with Gasteiger partial charge in [0.15, 0.2) is 5.16 Å². The number of nitrogens with one attached hydrogen (secondary N) is 2. The van der Waals surface area contributed by atoms with Crippen molar-refractivity contribution in [3.8, 4) is 22.5 Å². The van der Waals surface area contributed by atoms with E-state index in [1.807, 2.05) is 68.4 Å². The molecular formula is C29H33N5OS. The highest BCUT2D eigenvalue weighted by Crippen LogP contribution is 2.32. The van der Waals surface area contributed by atoms with Crippen LogP contribution < -0.4 is 10.2 Å². The molecule has 2 aromatic carbocycles. The molecule has 2 heterocycles. The maximum absolute atomic E-state index is 12.7. The lowest BCUT2D eigenvalue weighted by Crippen LogP contribution is -2.44. The molecule has 0 radical (unpaired) electrons. The second-order valence-electron chi connectivity index (χ2n) is 8.85. The van der Waals surface area contributed by atoms with Crippen molar-refractivity contribution in [2.45, 2.75) is 44.3 Å². The summed E-state index contributed by atoms with van der Waals surface area (Å²) in [5, 5.41) is 3.91. The number of thioether (sulfide) groups is 1. The Kier molecular flexibility index (Phi) is 9.16. The molecular weight excluding hydrogens is 466 g/mol. The summed E-state index contributed by atoms with van der Waals surface area (Å²) < 4.78 is 0. The van der Waals surface area contributed by atoms with Crippen molar-refractivity contribution in [1.82, 2.24) is 20.3 Å². The minimum atomic E-state index is -0.101. The van der Waals surface area contributed by atoms with Crippen molar-refractivity contribution in [2.24, 2.45) is 0 Å². The molecule has 0 aliphatic carbocycles. The predicted octanol–water partition coefficient (Wildman–Crippen LogP) is 7.03. The smallest absolute Gasteiger partial charge is 0.323 e. The molecule has 2 amide bonds. The van der Waals surface area contributed by atoms with Crippen LogP contribution in [0.4, 0.5) is 10.6 Å². The fraction of sp³-hybridized carbons (Fsp3) is 0.276. The number of benzene rings is 2. The fourth-order valence-electron chi connectivity index (χ4n) is 3.91. The summed E-state index contributed by atoms with van der Waals surface area (Å²) in [5.74, 6) is 1.64. The lowest BCUT2D eigenvalue weighted by Gasteiger charge is -2.23. The molecule has 2 aromatic heterocycles. The van der Waals surface area contributed by atoms with E-state index >= 15 is 0 Å². The molecule has 2 N–H and O–H groups in total. The number of carbonyl (C=O) groups is 1. The van der Waals surface area contributed by atoms with Gasteiger partial charge in [0.1, 0.15) is 5.82 Å². The van der Waals surface area contributed by atoms with Crippen molar-refractivity contribution in [3.05, 3.63) is 85.1 Å². The lowest BCUT2D eigenvalue weighted by atomic mass is 10.1. The molecule has 0 aliphatic heterocycles. The Morgan fingerprint density at radius 3 is 2.28 bits per heavy atom. The lowest BCUT2D eigenvalue weighted by molar-refractivity contribution is 0.243. The molecule has 0 spiro atoms. The van der Waals surface area contributed by atoms with Crippen molar-refractivity contribution < 1.29 is 4.79 Å². The third-order valence-electron chi connectivity index (χ3n) is 5.64. The van der Waals surface area contributed by atoms with Crippen LogP contribution in [0, 0.1) is 0 Å². The van der Waals surface area contributed by atoms with Crippen molar-refractivity contribution in [2.75, 3.05) is 17.2 Å². The first kappa shape index (κ1) is 25.5. The van der Waals surface area contributed by atoms with Crippen LogP contribution in [-0.4, -0.2) is 39.3 Å². The van der Waals surface area contributed by atoms with Crippen LogP contribution >= 0.6 is 11.8 Å². The van der Waals surface area contributed by atoms with Crippen LogP contribution in [0.3, 0.4) is 0 Å². The van der Waals surface area contributed by atoms with Gasteiger partial charge in [0.05, 0.1) is 11.4 Å². The van der Waals surface area contributed by atoms with Gasteiger partial charge in [-0.1, -0.05) is 84.9 Å². The molecule has 0 bridgehead atoms. The molecule has 4 rings (SSSR count). The summed E-state index contributed by atoms with van der Waals surface area (Å²) in [4.78, 5) is 27.3. The van der Waals surface area contributed by atoms with Crippen LogP contribution in [0.15, 0.2) is 90.2 Å². The number of unbranched alkanes of at least 4 members (excludes halogenated alkanes) is 2. The van der Waals surface area contributed by atoms with Crippen molar-refractivity contribution in [3.63, 3.8) is 0 Å². The molecule has 0 atom stereocenters. The van der Waals surface area contributed by atoms with E-state index in [2.05, 4.69) is 39.6 Å². The number of nitrogens with zero attached hydrogens (tertiary/aromatic N) is 3. The number of carbonyl (C=O) groups excluding carboxylic acids is 1. The van der Waals surface area contributed by atoms with E-state index in [1.54, 1.807) is 22.9 Å². The van der Waals surface area contributed by atoms with Gasteiger partial charge in [-0.05, 0) is 38.8 Å². The van der Waals surface area contributed by atoms with Crippen LogP contribution in [-0.2, 0) is 0 Å². The Labute approximate surface area is 217 Å². The third-order valence-corrected chi connectivity index (χ3v) is 6.60. The van der Waals surface area contributed by atoms with Gasteiger partial charge in [-0.3, -0.25) is 4.90 Å². The van der Waals surface area contributed by atoms with Gasteiger partial charge in [0.25, 0.3) is 0 Å². The number of amides is 2. The Balaban J connectivity index is 1.33. The molecule has 7 heteroatoms. The van der Waals surface area contributed by atoms with E-state index in [0.29, 0.717) is 12.4 Å². The summed E-state index contributed by atoms with van der Waals surface area (Å²) in [6.07, 6.45) is 4.68. The number of H-pyrrole nitrogens is 1. The van der Waals surface area contributed by atoms with E-state index in [1.165, 1.54) is 0 Å². The average molecular weight is 500 g/mol. The van der Waals surface area contributed by atoms with Gasteiger partial charge < -0.3 is 10.3 Å². The molecule has 0 unspecified atom stereocenters. The largest absolute Gasteiger partial charge is 0.335 e. The number of pyridine rings is 1. The SMILES string of the molecule is CC(C)NC(=O)N(CCCCCSc1nc(-c2ccccc2)c(-c2ccccc2)[nH]1)c1ccccn1. The highest BCUT2D eigenvalue weighted by molar-refractivity contribution is 7.99. The second-order valence-corrected chi connectivity index (χ2v) is 9.93. The van der Waals surface area contributed by atoms with Gasteiger partial charge in [0, 0.05) is 35.7 Å². The monoisotopic (exact) mass is 499 g/mol. The summed E-state index contributed by atoms with van der Waals surface area (Å²) >= 11 is 1.74. The Hall–Kier alpha value is -3.58. The van der Waals surface area contributed by atoms with Crippen molar-refractivity contribution >= 4 is 23.6 Å². The quantitative estimate of drug-likeness (QED) is 0.172. The van der Waals surface area contributed by atoms with Gasteiger partial charge in [-0.25, -0.2) is 14.8 Å². The molecule has 0 aliphatic rings. The number of anilines is 1. The van der Waals surface area contributed by atoms with Crippen LogP contribution in [0.2, 0.25) is 0 Å². The Bertz CT molecular complexity index is 1160. The molecule has 186 valence electrons. The number of rotatable bonds is 11. The van der Waals surface area contributed by atoms with E-state index in [4.69, 9.17) is 4.98 Å². The van der Waals surface area contributed by atoms with Crippen molar-refractivity contribution in [1.29, 1.82) is 0 Å². The standard InChI is InChI=1S/C29H33N5OS/c1-22(2)31-29(35)34(25-18-10-11-19-30-25)20-12-5-13-21-36-28-32-26(23-14-6-3-7-15-23)27(33-28)24-16-8-4-9-17-24/h3-4,6-11,14-19,22H,5,12-13,20-21H2,1-2H3,(H,31,35)(H,32,33). The van der Waals surface area contributed by atoms with E-state index < -0.39 is 0 Å². The van der Waals surface area contributed by atoms with E-state index in [9.17, 15) is 4.79 Å². The number of hydrogen-bond acceptors (Lipinski definition) is 4. The van der Waals surface area contributed by atoms with Gasteiger partial charge in [-0.2, -0.15) is 0 Å². The summed E-state index contributed by atoms with van der Waals surface area (Å²) in [6.45, 7) is 4.57. The number of hydrogen-bond donors (Lipinski definition) is 2. The van der Waals surface area contributed by atoms with Gasteiger partial charge >= 0.3 is 6.03 Å². The molecule has 6 nitrogen and oxygen atoms in total. The number of aromatic nitrogens is 3. The first-order valence-electron chi connectivity index (χ1n) is 12.4. The molecule has 0 saturated carbocycles. The highest BCUT2D eigenvalue weighted by atomic mass is 32.2. The summed E-state index contributed by atoms with van der Waals surface area (Å²) in [7, 11) is 0. The van der Waals surface area contributed by atoms with Crippen LogP contribution in [0.5, 0.6) is 0 Å². The Morgan fingerprint density at radius 1 is 0.917 bits per heavy atom. The second kappa shape index (κ2) is 12.9. The molecule has 36 heavy (non-hydrogen) atoms. The van der Waals surface area contributed by atoms with E-state index in [0.717, 1.165) is 52.7 Å². The predicted molar refractivity (Wildman–Crippen MR) is 149 cm³/mol. The molecule has 4 aromatic rings. The minimum absolute atomic E-state index is 0.0787. The topological polar surface area (TPSA) is 73.9 Å². The Morgan fingerprint density at radius 2 is 1.61 bits per heavy atom. The summed E-state index contributed by atoms with van der Waals surface area (Å²) in [5.41, 5.74) is 4.26. The third kappa shape index (κ3) is 6.98. The maximum atomic E-state index is 12.7. The number of imidazole rings is 1. The first-order chi connectivity index (χ1) is 17.6. The zero-order valence-electron chi connectivity index (χ0n) is 20.9. The molecule has 0 fully saturated rings. The van der Waals surface area contributed by atoms with Gasteiger partial charge in [-0.15, -0.1) is 0 Å². The summed E-state index contributed by atoms with van der Waals surface area (Å²) in [6, 6.07) is 26.3. The first-order valence-corrected chi connectivity index (χ1v) is 13.4. The van der Waals surface area contributed by atoms with E-state index in [-0.39, 0.29) is 12.1 Å².